The van der Waals surface area contributed by atoms with Gasteiger partial charge in [-0.1, -0.05) is 13.8 Å². The van der Waals surface area contributed by atoms with E-state index in [4.69, 9.17) is 33.2 Å². The first-order chi connectivity index (χ1) is 23.7. The summed E-state index contributed by atoms with van der Waals surface area (Å²) in [7, 11) is 0. The molecule has 3 heterocycles. The molecular formula is C34H41NO16. The van der Waals surface area contributed by atoms with E-state index in [-0.39, 0.29) is 11.3 Å². The SMILES string of the molecule is CC(=O)OCC12C(OC(C)=O)C(=O)C3C(O)C14OC3(C)COC(=O)c1cccnc1C(C)C(C)C(=O)OC(C(OC(C)=O)C2OC(C)=O)C4(C)O. The second kappa shape index (κ2) is 12.9. The highest BCUT2D eigenvalue weighted by Gasteiger charge is 2.90. The van der Waals surface area contributed by atoms with Crippen LogP contribution in [0, 0.1) is 17.3 Å². The van der Waals surface area contributed by atoms with Crippen molar-refractivity contribution in [1.82, 2.24) is 4.98 Å². The molecule has 278 valence electrons. The van der Waals surface area contributed by atoms with E-state index < -0.39 is 125 Å². The zero-order chi connectivity index (χ0) is 38.0. The summed E-state index contributed by atoms with van der Waals surface area (Å²) >= 11 is 0. The number of carbonyl (C=O) groups is 7. The summed E-state index contributed by atoms with van der Waals surface area (Å²) in [5.41, 5.74) is -10.1. The highest BCUT2D eigenvalue weighted by Crippen LogP contribution is 2.68. The molecule has 1 aromatic rings. The van der Waals surface area contributed by atoms with Gasteiger partial charge in [-0.2, -0.15) is 0 Å². The van der Waals surface area contributed by atoms with Gasteiger partial charge in [-0.15, -0.1) is 0 Å². The highest BCUT2D eigenvalue weighted by atomic mass is 16.7. The second-order valence-electron chi connectivity index (χ2n) is 14.0. The number of ketones is 1. The predicted octanol–water partition coefficient (Wildman–Crippen LogP) is 0.100. The molecule has 2 aliphatic carbocycles. The van der Waals surface area contributed by atoms with Crippen molar-refractivity contribution < 1.29 is 76.9 Å². The zero-order valence-electron chi connectivity index (χ0n) is 29.3. The van der Waals surface area contributed by atoms with Crippen LogP contribution >= 0.6 is 0 Å². The Balaban J connectivity index is 1.91. The number of aliphatic hydroxyl groups is 2. The van der Waals surface area contributed by atoms with Crippen molar-refractivity contribution in [1.29, 1.82) is 0 Å². The Hall–Kier alpha value is -4.48. The van der Waals surface area contributed by atoms with E-state index in [1.807, 2.05) is 0 Å². The normalized spacial score (nSPS) is 40.2. The summed E-state index contributed by atoms with van der Waals surface area (Å²) in [6.07, 6.45) is -9.04. The van der Waals surface area contributed by atoms with Crippen molar-refractivity contribution >= 4 is 41.6 Å². The monoisotopic (exact) mass is 719 g/mol. The van der Waals surface area contributed by atoms with Gasteiger partial charge in [-0.25, -0.2) is 4.79 Å². The molecule has 2 saturated carbocycles. The van der Waals surface area contributed by atoms with Gasteiger partial charge in [0.15, 0.2) is 30.2 Å². The Bertz CT molecular complexity index is 1670. The van der Waals surface area contributed by atoms with Gasteiger partial charge in [0.05, 0.1) is 29.2 Å². The standard InChI is InChI=1S/C34H41NO16/c1-14-15(2)29(42)50-27-24(47-17(4)37)28(49-19(6)39)33(13-45-16(3)36)26(48-18(5)38)23(40)21-25(41)34(33,32(27,8)44)51-31(21,7)12-46-30(43)20-10-9-11-35-22(14)20/h9-11,14-15,21,24-28,41,44H,12-13H2,1-8H3. The molecule has 1 aromatic heterocycles. The number of hydrogen-bond donors (Lipinski definition) is 2. The zero-order valence-corrected chi connectivity index (χ0v) is 29.3. The molecule has 2 N–H and O–H groups in total. The molecule has 2 aliphatic heterocycles. The quantitative estimate of drug-likeness (QED) is 0.303. The molecule has 3 fully saturated rings. The molecule has 17 heteroatoms. The van der Waals surface area contributed by atoms with Crippen LogP contribution in [0.2, 0.25) is 0 Å². The number of cyclic esters (lactones) is 1. The van der Waals surface area contributed by atoms with Gasteiger partial charge in [0.25, 0.3) is 0 Å². The molecule has 0 aromatic carbocycles. The van der Waals surface area contributed by atoms with E-state index in [1.165, 1.54) is 32.2 Å². The number of aromatic nitrogens is 1. The minimum atomic E-state index is -2.78. The fourth-order valence-electron chi connectivity index (χ4n) is 8.41. The molecular weight excluding hydrogens is 678 g/mol. The summed E-state index contributed by atoms with van der Waals surface area (Å²) in [5.74, 6) is -10.8. The summed E-state index contributed by atoms with van der Waals surface area (Å²) in [6, 6.07) is 2.89. The first kappa shape index (κ1) is 37.8. The lowest BCUT2D eigenvalue weighted by Gasteiger charge is -2.66. The van der Waals surface area contributed by atoms with Crippen LogP contribution in [0.15, 0.2) is 18.3 Å². The third-order valence-corrected chi connectivity index (χ3v) is 10.7. The van der Waals surface area contributed by atoms with Crippen LogP contribution in [0.3, 0.4) is 0 Å². The number of esters is 6. The summed E-state index contributed by atoms with van der Waals surface area (Å²) in [4.78, 5) is 97.6. The molecule has 5 rings (SSSR count). The molecule has 12 unspecified atom stereocenters. The number of Topliss-reactive ketones (excluding diaryl/α,β-unsaturated/α-hetero) is 1. The van der Waals surface area contributed by atoms with Crippen LogP contribution in [0.25, 0.3) is 0 Å². The average molecular weight is 720 g/mol. The van der Waals surface area contributed by atoms with Crippen molar-refractivity contribution in [3.8, 4) is 0 Å². The Morgan fingerprint density at radius 1 is 0.941 bits per heavy atom. The number of fused-ring (bicyclic) bond motifs is 5. The Morgan fingerprint density at radius 3 is 2.16 bits per heavy atom. The van der Waals surface area contributed by atoms with Crippen molar-refractivity contribution in [3.63, 3.8) is 0 Å². The minimum absolute atomic E-state index is 0.0294. The van der Waals surface area contributed by atoms with Crippen LogP contribution in [0.5, 0.6) is 0 Å². The molecule has 4 bridgehead atoms. The topological polar surface area (TPSA) is 237 Å². The summed E-state index contributed by atoms with van der Waals surface area (Å²) in [6.45, 7) is 7.48. The van der Waals surface area contributed by atoms with Gasteiger partial charge in [0.1, 0.15) is 35.4 Å². The lowest BCUT2D eigenvalue weighted by Crippen LogP contribution is -2.88. The Morgan fingerprint density at radius 2 is 1.57 bits per heavy atom. The first-order valence-electron chi connectivity index (χ1n) is 16.3. The van der Waals surface area contributed by atoms with E-state index in [2.05, 4.69) is 4.98 Å². The number of ether oxygens (including phenoxy) is 7. The van der Waals surface area contributed by atoms with E-state index in [1.54, 1.807) is 6.92 Å². The number of nitrogens with zero attached hydrogens (tertiary/aromatic N) is 1. The minimum Gasteiger partial charge on any atom is -0.465 e. The molecule has 0 radical (unpaired) electrons. The van der Waals surface area contributed by atoms with Crippen molar-refractivity contribution in [2.75, 3.05) is 13.2 Å². The van der Waals surface area contributed by atoms with Crippen LogP contribution in [0.4, 0.5) is 0 Å². The number of hydrogen-bond acceptors (Lipinski definition) is 17. The largest absolute Gasteiger partial charge is 0.465 e. The molecule has 12 atom stereocenters. The smallest absolute Gasteiger partial charge is 0.340 e. The summed E-state index contributed by atoms with van der Waals surface area (Å²) < 4.78 is 40.8. The van der Waals surface area contributed by atoms with E-state index in [9.17, 15) is 43.8 Å². The Labute approximate surface area is 292 Å². The van der Waals surface area contributed by atoms with Crippen molar-refractivity contribution in [3.05, 3.63) is 29.6 Å². The molecule has 1 saturated heterocycles. The van der Waals surface area contributed by atoms with E-state index >= 15 is 0 Å². The van der Waals surface area contributed by atoms with Gasteiger partial charge in [-0.3, -0.25) is 33.8 Å². The molecule has 0 amide bonds. The number of pyridine rings is 1. The average Bonchev–Trinajstić information content (AvgIpc) is 3.25. The van der Waals surface area contributed by atoms with E-state index in [0.717, 1.165) is 34.6 Å². The fraction of sp³-hybridized carbons (Fsp3) is 0.647. The van der Waals surface area contributed by atoms with Gasteiger partial charge in [0, 0.05) is 39.8 Å². The lowest BCUT2D eigenvalue weighted by molar-refractivity contribution is -0.376. The van der Waals surface area contributed by atoms with Crippen LogP contribution in [-0.2, 0) is 61.9 Å². The van der Waals surface area contributed by atoms with Gasteiger partial charge in [0.2, 0.25) is 0 Å². The van der Waals surface area contributed by atoms with Crippen molar-refractivity contribution in [2.24, 2.45) is 17.3 Å². The highest BCUT2D eigenvalue weighted by molar-refractivity contribution is 5.94. The summed E-state index contributed by atoms with van der Waals surface area (Å²) in [5, 5.41) is 25.3. The number of aliphatic hydroxyl groups excluding tert-OH is 1. The maximum atomic E-state index is 14.7. The van der Waals surface area contributed by atoms with Gasteiger partial charge >= 0.3 is 35.8 Å². The number of carbonyl (C=O) groups excluding carboxylic acids is 7. The van der Waals surface area contributed by atoms with Crippen LogP contribution < -0.4 is 0 Å². The molecule has 4 aliphatic rings. The van der Waals surface area contributed by atoms with Crippen molar-refractivity contribution in [2.45, 2.75) is 109 Å². The van der Waals surface area contributed by atoms with Gasteiger partial charge in [-0.05, 0) is 26.0 Å². The number of rotatable bonds is 5. The van der Waals surface area contributed by atoms with Crippen LogP contribution in [-0.4, -0.2) is 117 Å². The first-order valence-corrected chi connectivity index (χ1v) is 16.3. The second-order valence-corrected chi connectivity index (χ2v) is 14.0. The fourth-order valence-corrected chi connectivity index (χ4v) is 8.41. The maximum Gasteiger partial charge on any atom is 0.340 e. The Kier molecular flexibility index (Phi) is 9.58. The van der Waals surface area contributed by atoms with Crippen LogP contribution in [0.1, 0.15) is 77.4 Å². The third-order valence-electron chi connectivity index (χ3n) is 10.7. The predicted molar refractivity (Wildman–Crippen MR) is 165 cm³/mol. The van der Waals surface area contributed by atoms with Gasteiger partial charge < -0.3 is 43.4 Å². The third kappa shape index (κ3) is 5.56. The molecule has 51 heavy (non-hydrogen) atoms. The maximum absolute atomic E-state index is 14.7. The molecule has 1 spiro atoms. The van der Waals surface area contributed by atoms with E-state index in [0.29, 0.717) is 0 Å². The molecule has 17 nitrogen and oxygen atoms in total. The lowest BCUT2D eigenvalue weighted by atomic mass is 9.45.